The first-order valence-electron chi connectivity index (χ1n) is 11.7. The van der Waals surface area contributed by atoms with Gasteiger partial charge in [-0.05, 0) is 30.2 Å². The van der Waals surface area contributed by atoms with Gasteiger partial charge >= 0.3 is 0 Å². The van der Waals surface area contributed by atoms with E-state index in [1.54, 1.807) is 0 Å². The van der Waals surface area contributed by atoms with Gasteiger partial charge in [-0.15, -0.1) is 0 Å². The molecule has 2 aromatic heterocycles. The Balaban J connectivity index is 1.76. The van der Waals surface area contributed by atoms with E-state index in [0.717, 1.165) is 0 Å². The van der Waals surface area contributed by atoms with Crippen molar-refractivity contribution >= 4 is 43.6 Å². The van der Waals surface area contributed by atoms with Gasteiger partial charge < -0.3 is 9.13 Å². The number of nitrogens with zero attached hydrogens (tertiary/aromatic N) is 2. The Morgan fingerprint density at radius 2 is 1.15 bits per heavy atom. The molecular weight excluding hydrogens is 400 g/mol. The Morgan fingerprint density at radius 1 is 0.545 bits per heavy atom. The molecule has 33 heavy (non-hydrogen) atoms. The van der Waals surface area contributed by atoms with E-state index in [2.05, 4.69) is 131 Å². The van der Waals surface area contributed by atoms with Crippen LogP contribution in [0.2, 0.25) is 0 Å². The number of hydrogen-bond acceptors (Lipinski definition) is 0. The number of hydrogen-bond donors (Lipinski definition) is 0. The van der Waals surface area contributed by atoms with Gasteiger partial charge in [0, 0.05) is 32.7 Å². The summed E-state index contributed by atoms with van der Waals surface area (Å²) >= 11 is 0. The minimum atomic E-state index is 0.269. The van der Waals surface area contributed by atoms with Crippen LogP contribution in [0, 0.1) is 5.92 Å². The zero-order valence-electron chi connectivity index (χ0n) is 18.5. The summed E-state index contributed by atoms with van der Waals surface area (Å²) < 4.78 is 5.03. The topological polar surface area (TPSA) is 9.86 Å². The quantitative estimate of drug-likeness (QED) is 0.265. The molecule has 158 valence electrons. The highest BCUT2D eigenvalue weighted by Gasteiger charge is 2.25. The standard InChI is InChI=1S/C31H24N2/c1-21-11-5-8-16-27(21)33-29-18-10-7-15-24(29)26-20-19-25-23-14-6-9-17-28(23)32(30(25)31(26)33)22-12-3-2-4-13-22/h2-21,27H,1H3. The summed E-state index contributed by atoms with van der Waals surface area (Å²) in [5, 5.41) is 5.22. The van der Waals surface area contributed by atoms with Crippen LogP contribution in [0.1, 0.15) is 13.0 Å². The van der Waals surface area contributed by atoms with Crippen molar-refractivity contribution in [1.29, 1.82) is 0 Å². The number of allylic oxidation sites excluding steroid dienone is 4. The molecule has 0 fully saturated rings. The number of fused-ring (bicyclic) bond motifs is 7. The molecule has 2 nitrogen and oxygen atoms in total. The number of benzene rings is 4. The lowest BCUT2D eigenvalue weighted by Crippen LogP contribution is -2.15. The van der Waals surface area contributed by atoms with E-state index in [9.17, 15) is 0 Å². The van der Waals surface area contributed by atoms with Crippen LogP contribution in [0.15, 0.2) is 115 Å². The maximum absolute atomic E-state index is 2.58. The normalized spacial score (nSPS) is 18.2. The van der Waals surface area contributed by atoms with Crippen LogP contribution in [0.25, 0.3) is 49.3 Å². The van der Waals surface area contributed by atoms with Gasteiger partial charge in [0.05, 0.1) is 22.6 Å². The molecule has 2 unspecified atom stereocenters. The van der Waals surface area contributed by atoms with Gasteiger partial charge in [-0.3, -0.25) is 0 Å². The van der Waals surface area contributed by atoms with Gasteiger partial charge in [0.15, 0.2) is 0 Å². The summed E-state index contributed by atoms with van der Waals surface area (Å²) in [5.41, 5.74) is 6.33. The van der Waals surface area contributed by atoms with Gasteiger partial charge in [-0.2, -0.15) is 0 Å². The molecule has 0 spiro atoms. The summed E-state index contributed by atoms with van der Waals surface area (Å²) in [5.74, 6) is 0.416. The predicted molar refractivity (Wildman–Crippen MR) is 140 cm³/mol. The first-order chi connectivity index (χ1) is 16.3. The van der Waals surface area contributed by atoms with Crippen LogP contribution in [0.4, 0.5) is 0 Å². The van der Waals surface area contributed by atoms with E-state index in [4.69, 9.17) is 0 Å². The first-order valence-corrected chi connectivity index (χ1v) is 11.7. The summed E-state index contributed by atoms with van der Waals surface area (Å²) in [6.45, 7) is 2.32. The molecule has 7 rings (SSSR count). The van der Waals surface area contributed by atoms with Crippen molar-refractivity contribution in [1.82, 2.24) is 9.13 Å². The molecule has 0 amide bonds. The van der Waals surface area contributed by atoms with E-state index >= 15 is 0 Å². The lowest BCUT2D eigenvalue weighted by molar-refractivity contribution is 0.510. The largest absolute Gasteiger partial charge is 0.331 e. The average Bonchev–Trinajstić information content (AvgIpc) is 3.38. The second-order valence-electron chi connectivity index (χ2n) is 9.05. The molecule has 0 aliphatic heterocycles. The van der Waals surface area contributed by atoms with E-state index in [0.29, 0.717) is 5.92 Å². The summed E-state index contributed by atoms with van der Waals surface area (Å²) in [4.78, 5) is 0. The monoisotopic (exact) mass is 424 g/mol. The third-order valence-corrected chi connectivity index (χ3v) is 7.19. The van der Waals surface area contributed by atoms with Crippen LogP contribution in [-0.4, -0.2) is 9.13 Å². The van der Waals surface area contributed by atoms with Crippen molar-refractivity contribution in [2.75, 3.05) is 0 Å². The van der Waals surface area contributed by atoms with Crippen molar-refractivity contribution < 1.29 is 0 Å². The molecule has 2 heterocycles. The van der Waals surface area contributed by atoms with Gasteiger partial charge in [0.25, 0.3) is 0 Å². The van der Waals surface area contributed by atoms with Crippen LogP contribution in [0.3, 0.4) is 0 Å². The highest BCUT2D eigenvalue weighted by molar-refractivity contribution is 6.23. The lowest BCUT2D eigenvalue weighted by atomic mass is 9.96. The van der Waals surface area contributed by atoms with E-state index < -0.39 is 0 Å². The van der Waals surface area contributed by atoms with Gasteiger partial charge in [-0.25, -0.2) is 0 Å². The minimum absolute atomic E-state index is 0.269. The zero-order chi connectivity index (χ0) is 21.9. The van der Waals surface area contributed by atoms with Crippen molar-refractivity contribution in [3.8, 4) is 5.69 Å². The fourth-order valence-corrected chi connectivity index (χ4v) is 5.72. The van der Waals surface area contributed by atoms with Crippen molar-refractivity contribution in [2.24, 2.45) is 5.92 Å². The molecule has 0 saturated heterocycles. The molecule has 0 bridgehead atoms. The molecule has 0 N–H and O–H groups in total. The van der Waals surface area contributed by atoms with Crippen LogP contribution >= 0.6 is 0 Å². The fourth-order valence-electron chi connectivity index (χ4n) is 5.72. The number of aromatic nitrogens is 2. The van der Waals surface area contributed by atoms with Crippen molar-refractivity contribution in [3.05, 3.63) is 115 Å². The number of para-hydroxylation sites is 3. The lowest BCUT2D eigenvalue weighted by Gasteiger charge is -2.25. The van der Waals surface area contributed by atoms with E-state index in [1.165, 1.54) is 49.3 Å². The Bertz CT molecular complexity index is 1730. The summed E-state index contributed by atoms with van der Waals surface area (Å²) in [7, 11) is 0. The van der Waals surface area contributed by atoms with Crippen molar-refractivity contribution in [2.45, 2.75) is 13.0 Å². The number of rotatable bonds is 2. The molecule has 2 heteroatoms. The van der Waals surface area contributed by atoms with Crippen LogP contribution in [0.5, 0.6) is 0 Å². The van der Waals surface area contributed by atoms with Gasteiger partial charge in [0.2, 0.25) is 0 Å². The smallest absolute Gasteiger partial charge is 0.0785 e. The van der Waals surface area contributed by atoms with Crippen LogP contribution < -0.4 is 0 Å². The second-order valence-corrected chi connectivity index (χ2v) is 9.05. The van der Waals surface area contributed by atoms with Crippen molar-refractivity contribution in [3.63, 3.8) is 0 Å². The van der Waals surface area contributed by atoms with Crippen LogP contribution in [-0.2, 0) is 0 Å². The minimum Gasteiger partial charge on any atom is -0.331 e. The third-order valence-electron chi connectivity index (χ3n) is 7.19. The maximum atomic E-state index is 2.58. The van der Waals surface area contributed by atoms with Gasteiger partial charge in [-0.1, -0.05) is 98.0 Å². The van der Waals surface area contributed by atoms with E-state index in [1.807, 2.05) is 0 Å². The molecule has 2 atom stereocenters. The molecule has 0 saturated carbocycles. The third kappa shape index (κ3) is 2.55. The Kier molecular flexibility index (Phi) is 3.92. The molecule has 0 radical (unpaired) electrons. The second kappa shape index (κ2) is 6.98. The highest BCUT2D eigenvalue weighted by atomic mass is 15.1. The molecular formula is C31H24N2. The Hall–Kier alpha value is -4.04. The average molecular weight is 425 g/mol. The predicted octanol–water partition coefficient (Wildman–Crippen LogP) is 8.19. The summed E-state index contributed by atoms with van der Waals surface area (Å²) in [6, 6.07) is 33.3. The Labute approximate surface area is 192 Å². The fraction of sp³-hybridized carbons (Fsp3) is 0.0968. The molecule has 1 aliphatic rings. The Morgan fingerprint density at radius 3 is 1.91 bits per heavy atom. The first kappa shape index (κ1) is 18.5. The maximum Gasteiger partial charge on any atom is 0.0785 e. The SMILES string of the molecule is CC1C=CC=CC1n1c2ccccc2c2ccc3c4ccccc4n(-c4ccccc4)c3c21. The summed E-state index contributed by atoms with van der Waals surface area (Å²) in [6.07, 6.45) is 9.03. The zero-order valence-corrected chi connectivity index (χ0v) is 18.5. The molecule has 6 aromatic rings. The molecule has 4 aromatic carbocycles. The van der Waals surface area contributed by atoms with E-state index in [-0.39, 0.29) is 6.04 Å². The highest BCUT2D eigenvalue weighted by Crippen LogP contribution is 2.43. The molecule has 1 aliphatic carbocycles. The van der Waals surface area contributed by atoms with Gasteiger partial charge in [0.1, 0.15) is 0 Å².